The fourth-order valence-corrected chi connectivity index (χ4v) is 1.91. The predicted molar refractivity (Wildman–Crippen MR) is 64.2 cm³/mol. The second kappa shape index (κ2) is 9.13. The van der Waals surface area contributed by atoms with Crippen molar-refractivity contribution in [2.75, 3.05) is 32.8 Å². The minimum Gasteiger partial charge on any atom is -0.380 e. The zero-order valence-corrected chi connectivity index (χ0v) is 10.1. The lowest BCUT2D eigenvalue weighted by Crippen LogP contribution is -2.32. The minimum absolute atomic E-state index is 0.703. The van der Waals surface area contributed by atoms with Crippen molar-refractivity contribution in [2.24, 2.45) is 0 Å². The van der Waals surface area contributed by atoms with Crippen molar-refractivity contribution >= 4 is 0 Å². The van der Waals surface area contributed by atoms with E-state index in [0.717, 1.165) is 26.3 Å². The molecule has 1 atom stereocenters. The molecule has 1 saturated heterocycles. The van der Waals surface area contributed by atoms with Crippen LogP contribution in [0.5, 0.6) is 0 Å². The molecule has 0 spiro atoms. The molecular weight excluding hydrogens is 188 g/mol. The third-order valence-corrected chi connectivity index (χ3v) is 2.90. The van der Waals surface area contributed by atoms with E-state index in [1.165, 1.54) is 38.6 Å². The summed E-state index contributed by atoms with van der Waals surface area (Å²) in [6, 6.07) is 0.703. The van der Waals surface area contributed by atoms with Crippen LogP contribution in [0.15, 0.2) is 0 Å². The van der Waals surface area contributed by atoms with Gasteiger partial charge in [-0.25, -0.2) is 0 Å². The molecule has 3 nitrogen and oxygen atoms in total. The topological polar surface area (TPSA) is 33.3 Å². The molecule has 0 saturated carbocycles. The number of rotatable bonds is 7. The van der Waals surface area contributed by atoms with Crippen LogP contribution in [-0.2, 0) is 4.74 Å². The summed E-state index contributed by atoms with van der Waals surface area (Å²) in [6.07, 6.45) is 6.28. The monoisotopic (exact) mass is 214 g/mol. The number of unbranched alkanes of at least 4 members (excludes halogenated alkanes) is 1. The number of nitrogens with one attached hydrogen (secondary N) is 2. The summed E-state index contributed by atoms with van der Waals surface area (Å²) in [4.78, 5) is 0. The van der Waals surface area contributed by atoms with Crippen LogP contribution in [0.3, 0.4) is 0 Å². The van der Waals surface area contributed by atoms with Crippen molar-refractivity contribution in [2.45, 2.75) is 45.1 Å². The van der Waals surface area contributed by atoms with Crippen LogP contribution in [0.2, 0.25) is 0 Å². The fourth-order valence-electron chi connectivity index (χ4n) is 1.91. The molecule has 1 fully saturated rings. The van der Waals surface area contributed by atoms with E-state index in [1.807, 2.05) is 0 Å². The highest BCUT2D eigenvalue weighted by molar-refractivity contribution is 4.72. The molecule has 0 bridgehead atoms. The first-order chi connectivity index (χ1) is 7.43. The molecule has 0 aromatic heterocycles. The predicted octanol–water partition coefficient (Wildman–Crippen LogP) is 1.53. The highest BCUT2D eigenvalue weighted by atomic mass is 16.5. The molecule has 90 valence electrons. The molecule has 0 aliphatic carbocycles. The van der Waals surface area contributed by atoms with Gasteiger partial charge in [0, 0.05) is 19.2 Å². The minimum atomic E-state index is 0.703. The molecule has 2 N–H and O–H groups in total. The zero-order chi connectivity index (χ0) is 10.8. The van der Waals surface area contributed by atoms with Crippen LogP contribution in [0.4, 0.5) is 0 Å². The van der Waals surface area contributed by atoms with Crippen molar-refractivity contribution in [1.29, 1.82) is 0 Å². The van der Waals surface area contributed by atoms with Gasteiger partial charge in [0.2, 0.25) is 0 Å². The first kappa shape index (κ1) is 12.9. The second-order valence-electron chi connectivity index (χ2n) is 4.30. The van der Waals surface area contributed by atoms with Crippen LogP contribution < -0.4 is 10.6 Å². The lowest BCUT2D eigenvalue weighted by atomic mass is 10.1. The van der Waals surface area contributed by atoms with E-state index in [2.05, 4.69) is 17.6 Å². The van der Waals surface area contributed by atoms with E-state index >= 15 is 0 Å². The number of hydrogen-bond acceptors (Lipinski definition) is 3. The Balaban J connectivity index is 1.89. The molecule has 1 unspecified atom stereocenters. The molecule has 0 radical (unpaired) electrons. The summed E-state index contributed by atoms with van der Waals surface area (Å²) in [5.74, 6) is 0. The Morgan fingerprint density at radius 3 is 3.07 bits per heavy atom. The fraction of sp³-hybridized carbons (Fsp3) is 1.00. The van der Waals surface area contributed by atoms with E-state index in [1.54, 1.807) is 0 Å². The third kappa shape index (κ3) is 6.88. The van der Waals surface area contributed by atoms with Crippen LogP contribution in [0.25, 0.3) is 0 Å². The van der Waals surface area contributed by atoms with E-state index in [-0.39, 0.29) is 0 Å². The maximum atomic E-state index is 5.52. The summed E-state index contributed by atoms with van der Waals surface area (Å²) in [6.45, 7) is 7.34. The Morgan fingerprint density at radius 2 is 2.20 bits per heavy atom. The summed E-state index contributed by atoms with van der Waals surface area (Å²) < 4.78 is 5.52. The van der Waals surface area contributed by atoms with E-state index in [4.69, 9.17) is 4.74 Å². The maximum absolute atomic E-state index is 5.52. The Morgan fingerprint density at radius 1 is 1.27 bits per heavy atom. The molecule has 0 amide bonds. The summed E-state index contributed by atoms with van der Waals surface area (Å²) >= 11 is 0. The lowest BCUT2D eigenvalue weighted by molar-refractivity contribution is 0.130. The Kier molecular flexibility index (Phi) is 7.88. The lowest BCUT2D eigenvalue weighted by Gasteiger charge is -2.15. The normalized spacial score (nSPS) is 22.6. The SMILES string of the molecule is CCCCOCCNC1CCCNCC1. The van der Waals surface area contributed by atoms with E-state index in [9.17, 15) is 0 Å². The van der Waals surface area contributed by atoms with Crippen molar-refractivity contribution in [1.82, 2.24) is 10.6 Å². The quantitative estimate of drug-likeness (QED) is 0.631. The number of ether oxygens (including phenoxy) is 1. The molecule has 15 heavy (non-hydrogen) atoms. The Labute approximate surface area is 94.0 Å². The van der Waals surface area contributed by atoms with Gasteiger partial charge in [0.05, 0.1) is 6.61 Å². The summed E-state index contributed by atoms with van der Waals surface area (Å²) in [5.41, 5.74) is 0. The second-order valence-corrected chi connectivity index (χ2v) is 4.30. The molecule has 1 aliphatic heterocycles. The third-order valence-electron chi connectivity index (χ3n) is 2.90. The first-order valence-electron chi connectivity index (χ1n) is 6.45. The van der Waals surface area contributed by atoms with Gasteiger partial charge in [0.25, 0.3) is 0 Å². The average molecular weight is 214 g/mol. The van der Waals surface area contributed by atoms with Crippen LogP contribution in [0.1, 0.15) is 39.0 Å². The zero-order valence-electron chi connectivity index (χ0n) is 10.1. The van der Waals surface area contributed by atoms with Gasteiger partial charge < -0.3 is 15.4 Å². The Bertz CT molecular complexity index is 134. The van der Waals surface area contributed by atoms with Crippen molar-refractivity contribution in [3.05, 3.63) is 0 Å². The molecule has 0 aromatic rings. The highest BCUT2D eigenvalue weighted by Crippen LogP contribution is 2.04. The molecule has 3 heteroatoms. The maximum Gasteiger partial charge on any atom is 0.0591 e. The smallest absolute Gasteiger partial charge is 0.0591 e. The van der Waals surface area contributed by atoms with Gasteiger partial charge in [0.15, 0.2) is 0 Å². The molecule has 1 rings (SSSR count). The van der Waals surface area contributed by atoms with Crippen LogP contribution >= 0.6 is 0 Å². The number of hydrogen-bond donors (Lipinski definition) is 2. The standard InChI is InChI=1S/C12H26N2O/c1-2-3-10-15-11-9-14-12-5-4-7-13-8-6-12/h12-14H,2-11H2,1H3. The van der Waals surface area contributed by atoms with Gasteiger partial charge in [0.1, 0.15) is 0 Å². The molecule has 0 aromatic carbocycles. The van der Waals surface area contributed by atoms with Crippen LogP contribution in [0, 0.1) is 0 Å². The highest BCUT2D eigenvalue weighted by Gasteiger charge is 2.09. The van der Waals surface area contributed by atoms with Gasteiger partial charge in [-0.15, -0.1) is 0 Å². The van der Waals surface area contributed by atoms with Crippen molar-refractivity contribution in [3.63, 3.8) is 0 Å². The van der Waals surface area contributed by atoms with E-state index in [0.29, 0.717) is 6.04 Å². The van der Waals surface area contributed by atoms with Gasteiger partial charge in [-0.2, -0.15) is 0 Å². The summed E-state index contributed by atoms with van der Waals surface area (Å²) in [5, 5.41) is 7.00. The van der Waals surface area contributed by atoms with Crippen molar-refractivity contribution < 1.29 is 4.74 Å². The average Bonchev–Trinajstić information content (AvgIpc) is 2.52. The van der Waals surface area contributed by atoms with Crippen LogP contribution in [-0.4, -0.2) is 38.9 Å². The largest absolute Gasteiger partial charge is 0.380 e. The van der Waals surface area contributed by atoms with Crippen molar-refractivity contribution in [3.8, 4) is 0 Å². The van der Waals surface area contributed by atoms with Gasteiger partial charge in [-0.05, 0) is 38.8 Å². The van der Waals surface area contributed by atoms with Gasteiger partial charge >= 0.3 is 0 Å². The van der Waals surface area contributed by atoms with Gasteiger partial charge in [-0.3, -0.25) is 0 Å². The van der Waals surface area contributed by atoms with E-state index < -0.39 is 0 Å². The Hall–Kier alpha value is -0.120. The summed E-state index contributed by atoms with van der Waals surface area (Å²) in [7, 11) is 0. The first-order valence-corrected chi connectivity index (χ1v) is 6.45. The molecule has 1 heterocycles. The molecule has 1 aliphatic rings. The van der Waals surface area contributed by atoms with Gasteiger partial charge in [-0.1, -0.05) is 13.3 Å². The molecular formula is C12H26N2O.